The maximum Gasteiger partial charge on any atom is 0.409 e. The summed E-state index contributed by atoms with van der Waals surface area (Å²) < 4.78 is 0. The molecule has 1 radical (unpaired) electrons. The van der Waals surface area contributed by atoms with Crippen molar-refractivity contribution in [2.75, 3.05) is 5.32 Å². The van der Waals surface area contributed by atoms with Crippen LogP contribution in [0.4, 0.5) is 10.5 Å². The van der Waals surface area contributed by atoms with Crippen molar-refractivity contribution in [3.05, 3.63) is 24.3 Å². The summed E-state index contributed by atoms with van der Waals surface area (Å²) in [5.74, 6) is -0.212. The van der Waals surface area contributed by atoms with Crippen molar-refractivity contribution in [3.63, 3.8) is 0 Å². The molecule has 2 N–H and O–H groups in total. The van der Waals surface area contributed by atoms with E-state index in [0.29, 0.717) is 5.69 Å². The van der Waals surface area contributed by atoms with Crippen molar-refractivity contribution in [3.8, 4) is 5.75 Å². The molecule has 0 saturated carbocycles. The van der Waals surface area contributed by atoms with Crippen LogP contribution >= 0.6 is 0 Å². The van der Waals surface area contributed by atoms with Crippen LogP contribution in [0.1, 0.15) is 0 Å². The Morgan fingerprint density at radius 3 is 2.73 bits per heavy atom. The Hall–Kier alpha value is -1.71. The Labute approximate surface area is 63.1 Å². The van der Waals surface area contributed by atoms with E-state index < -0.39 is 6.09 Å². The smallest absolute Gasteiger partial charge is 0.409 e. The molecule has 4 heteroatoms. The minimum absolute atomic E-state index is 0.212. The van der Waals surface area contributed by atoms with Crippen LogP contribution in [0.15, 0.2) is 24.3 Å². The van der Waals surface area contributed by atoms with Crippen LogP contribution in [0.5, 0.6) is 5.75 Å². The standard InChI is InChI=1S/C7H6NO3/c9-6-3-1-2-5(4-6)8-7(10)11/h1-4,8H,(H,10,11). The van der Waals surface area contributed by atoms with Crippen LogP contribution in [0, 0.1) is 0 Å². The number of rotatable bonds is 1. The highest BCUT2D eigenvalue weighted by molar-refractivity contribution is 5.82. The van der Waals surface area contributed by atoms with Crippen LogP contribution in [-0.4, -0.2) is 11.2 Å². The predicted molar refractivity (Wildman–Crippen MR) is 38.2 cm³/mol. The zero-order valence-electron chi connectivity index (χ0n) is 5.57. The average molecular weight is 152 g/mol. The summed E-state index contributed by atoms with van der Waals surface area (Å²) >= 11 is 0. The van der Waals surface area contributed by atoms with Gasteiger partial charge in [-0.2, -0.15) is 0 Å². The second-order valence-electron chi connectivity index (χ2n) is 1.96. The molecule has 1 aromatic carbocycles. The van der Waals surface area contributed by atoms with Gasteiger partial charge in [0.1, 0.15) is 0 Å². The molecular weight excluding hydrogens is 146 g/mol. The summed E-state index contributed by atoms with van der Waals surface area (Å²) in [5, 5.41) is 20.9. The first-order valence-electron chi connectivity index (χ1n) is 2.95. The number of hydrogen-bond donors (Lipinski definition) is 2. The quantitative estimate of drug-likeness (QED) is 0.645. The van der Waals surface area contributed by atoms with Gasteiger partial charge in [0.25, 0.3) is 0 Å². The van der Waals surface area contributed by atoms with Crippen LogP contribution in [0.25, 0.3) is 0 Å². The Bertz CT molecular complexity index is 272. The van der Waals surface area contributed by atoms with E-state index in [1.807, 2.05) is 0 Å². The van der Waals surface area contributed by atoms with Crippen molar-refractivity contribution in [2.45, 2.75) is 0 Å². The third-order valence-electron chi connectivity index (χ3n) is 1.09. The number of anilines is 1. The molecule has 1 aromatic rings. The van der Waals surface area contributed by atoms with Gasteiger partial charge in [-0.05, 0) is 12.1 Å². The maximum absolute atomic E-state index is 10.6. The van der Waals surface area contributed by atoms with E-state index in [0.717, 1.165) is 0 Å². The fourth-order valence-electron chi connectivity index (χ4n) is 0.697. The highest BCUT2D eigenvalue weighted by Gasteiger charge is 1.97. The number of nitrogens with one attached hydrogen (secondary N) is 1. The lowest BCUT2D eigenvalue weighted by molar-refractivity contribution is 0.210. The van der Waals surface area contributed by atoms with E-state index >= 15 is 0 Å². The SMILES string of the molecule is [O]c1cccc(NC(=O)O)c1. The number of carboxylic acid groups (broad SMARTS) is 1. The summed E-state index contributed by atoms with van der Waals surface area (Å²) in [6, 6.07) is 5.57. The third-order valence-corrected chi connectivity index (χ3v) is 1.09. The van der Waals surface area contributed by atoms with Gasteiger partial charge < -0.3 is 5.11 Å². The summed E-state index contributed by atoms with van der Waals surface area (Å²) in [4.78, 5) is 10.1. The van der Waals surface area contributed by atoms with E-state index in [2.05, 4.69) is 5.32 Å². The lowest BCUT2D eigenvalue weighted by Gasteiger charge is -1.97. The van der Waals surface area contributed by atoms with Gasteiger partial charge in [0, 0.05) is 11.8 Å². The lowest BCUT2D eigenvalue weighted by atomic mass is 10.3. The lowest BCUT2D eigenvalue weighted by Crippen LogP contribution is -2.06. The molecule has 0 heterocycles. The molecule has 11 heavy (non-hydrogen) atoms. The van der Waals surface area contributed by atoms with E-state index in [9.17, 15) is 9.90 Å². The highest BCUT2D eigenvalue weighted by Crippen LogP contribution is 2.15. The highest BCUT2D eigenvalue weighted by atomic mass is 16.4. The van der Waals surface area contributed by atoms with Crippen molar-refractivity contribution in [1.29, 1.82) is 0 Å². The van der Waals surface area contributed by atoms with Crippen molar-refractivity contribution in [1.82, 2.24) is 0 Å². The van der Waals surface area contributed by atoms with Gasteiger partial charge in [-0.15, -0.1) is 0 Å². The second kappa shape index (κ2) is 2.92. The Balaban J connectivity index is 2.79. The monoisotopic (exact) mass is 152 g/mol. The summed E-state index contributed by atoms with van der Waals surface area (Å²) in [5.41, 5.74) is 0.296. The Kier molecular flexibility index (Phi) is 1.96. The molecule has 1 rings (SSSR count). The van der Waals surface area contributed by atoms with Gasteiger partial charge >= 0.3 is 6.09 Å². The van der Waals surface area contributed by atoms with E-state index in [-0.39, 0.29) is 5.75 Å². The van der Waals surface area contributed by atoms with Crippen LogP contribution in [-0.2, 0) is 5.11 Å². The molecule has 0 bridgehead atoms. The van der Waals surface area contributed by atoms with Crippen molar-refractivity contribution in [2.24, 2.45) is 0 Å². The van der Waals surface area contributed by atoms with Crippen molar-refractivity contribution < 1.29 is 15.0 Å². The zero-order chi connectivity index (χ0) is 8.27. The molecule has 0 aliphatic carbocycles. The second-order valence-corrected chi connectivity index (χ2v) is 1.96. The fourth-order valence-corrected chi connectivity index (χ4v) is 0.697. The molecule has 0 saturated heterocycles. The summed E-state index contributed by atoms with van der Waals surface area (Å²) in [7, 11) is 0. The Morgan fingerprint density at radius 1 is 1.45 bits per heavy atom. The van der Waals surface area contributed by atoms with Crippen LogP contribution in [0.2, 0.25) is 0 Å². The largest absolute Gasteiger partial charge is 0.465 e. The number of hydrogen-bond acceptors (Lipinski definition) is 1. The molecule has 0 aliphatic heterocycles. The first-order chi connectivity index (χ1) is 5.18. The molecule has 57 valence electrons. The van der Waals surface area contributed by atoms with Gasteiger partial charge in [-0.3, -0.25) is 10.4 Å². The molecule has 1 amide bonds. The molecule has 0 atom stereocenters. The van der Waals surface area contributed by atoms with E-state index in [1.165, 1.54) is 24.3 Å². The van der Waals surface area contributed by atoms with Crippen LogP contribution in [0.3, 0.4) is 0 Å². The van der Waals surface area contributed by atoms with Gasteiger partial charge in [0.05, 0.1) is 0 Å². The molecular formula is C7H6NO3. The first kappa shape index (κ1) is 7.40. The molecule has 0 aliphatic rings. The minimum atomic E-state index is -1.17. The fraction of sp³-hybridized carbons (Fsp3) is 0. The summed E-state index contributed by atoms with van der Waals surface area (Å²) in [6.07, 6.45) is -1.17. The van der Waals surface area contributed by atoms with E-state index in [1.54, 1.807) is 0 Å². The van der Waals surface area contributed by atoms with Crippen molar-refractivity contribution >= 4 is 11.8 Å². The summed E-state index contributed by atoms with van der Waals surface area (Å²) in [6.45, 7) is 0. The third kappa shape index (κ3) is 2.17. The maximum atomic E-state index is 10.6. The molecule has 0 unspecified atom stereocenters. The average Bonchev–Trinajstić information content (AvgIpc) is 1.85. The predicted octanol–water partition coefficient (Wildman–Crippen LogP) is 1.92. The normalized spacial score (nSPS) is 9.09. The number of amides is 1. The van der Waals surface area contributed by atoms with Gasteiger partial charge in [-0.25, -0.2) is 4.79 Å². The Morgan fingerprint density at radius 2 is 2.18 bits per heavy atom. The molecule has 0 aromatic heterocycles. The minimum Gasteiger partial charge on any atom is -0.465 e. The zero-order valence-corrected chi connectivity index (χ0v) is 5.57. The molecule has 4 nitrogen and oxygen atoms in total. The topological polar surface area (TPSA) is 69.2 Å². The number of carbonyl (C=O) groups is 1. The van der Waals surface area contributed by atoms with Gasteiger partial charge in [-0.1, -0.05) is 6.07 Å². The molecule has 0 spiro atoms. The first-order valence-corrected chi connectivity index (χ1v) is 2.95. The number of benzene rings is 1. The van der Waals surface area contributed by atoms with Gasteiger partial charge in [0.15, 0.2) is 5.75 Å². The molecule has 0 fully saturated rings. The van der Waals surface area contributed by atoms with Crippen LogP contribution < -0.4 is 5.32 Å². The van der Waals surface area contributed by atoms with Gasteiger partial charge in [0.2, 0.25) is 0 Å². The van der Waals surface area contributed by atoms with E-state index in [4.69, 9.17) is 5.11 Å².